The standard InChI is InChI=1S/C22H23N5O3/c1-13(21(28)26-16-4-2-14(3-5-16)20(23)24)19-22(29)27(10-11-30-19)17-6-7-18-15(12-17)8-9-25-18/h2-9,12-13,19,25H,10-11H2,1H3,(H3,23,24)(H,26,28)/t13?,19-/m1/s1. The number of amidine groups is 1. The van der Waals surface area contributed by atoms with Gasteiger partial charge in [0.1, 0.15) is 11.9 Å². The van der Waals surface area contributed by atoms with Crippen LogP contribution in [0.5, 0.6) is 0 Å². The van der Waals surface area contributed by atoms with Gasteiger partial charge in [-0.2, -0.15) is 0 Å². The Morgan fingerprint density at radius 1 is 1.27 bits per heavy atom. The number of nitrogen functional groups attached to an aromatic ring is 1. The van der Waals surface area contributed by atoms with Crippen molar-refractivity contribution in [3.63, 3.8) is 0 Å². The van der Waals surface area contributed by atoms with Gasteiger partial charge in [-0.15, -0.1) is 0 Å². The number of nitrogens with two attached hydrogens (primary N) is 1. The number of aromatic nitrogens is 1. The Balaban J connectivity index is 1.47. The van der Waals surface area contributed by atoms with E-state index in [1.54, 1.807) is 36.1 Å². The van der Waals surface area contributed by atoms with Crippen LogP contribution in [0.3, 0.4) is 0 Å². The highest BCUT2D eigenvalue weighted by atomic mass is 16.5. The predicted octanol–water partition coefficient (Wildman–Crippen LogP) is 2.46. The Kier molecular flexibility index (Phi) is 5.24. The molecule has 0 bridgehead atoms. The Morgan fingerprint density at radius 3 is 2.77 bits per heavy atom. The molecule has 1 aliphatic heterocycles. The van der Waals surface area contributed by atoms with Crippen LogP contribution < -0.4 is 16.0 Å². The fourth-order valence-corrected chi connectivity index (χ4v) is 3.56. The van der Waals surface area contributed by atoms with Crippen molar-refractivity contribution >= 4 is 39.9 Å². The van der Waals surface area contributed by atoms with Crippen LogP contribution in [-0.4, -0.2) is 41.9 Å². The average molecular weight is 405 g/mol. The van der Waals surface area contributed by atoms with Crippen molar-refractivity contribution in [1.82, 2.24) is 4.98 Å². The van der Waals surface area contributed by atoms with Crippen molar-refractivity contribution < 1.29 is 14.3 Å². The lowest BCUT2D eigenvalue weighted by Gasteiger charge is -2.34. The highest BCUT2D eigenvalue weighted by molar-refractivity contribution is 6.03. The van der Waals surface area contributed by atoms with Gasteiger partial charge in [0.05, 0.1) is 12.5 Å². The number of hydrogen-bond acceptors (Lipinski definition) is 4. The molecule has 8 heteroatoms. The molecule has 1 fully saturated rings. The topological polar surface area (TPSA) is 124 Å². The van der Waals surface area contributed by atoms with E-state index in [0.717, 1.165) is 16.6 Å². The van der Waals surface area contributed by atoms with E-state index in [1.807, 2.05) is 30.5 Å². The zero-order chi connectivity index (χ0) is 21.3. The molecule has 0 radical (unpaired) electrons. The minimum absolute atomic E-state index is 0.0413. The van der Waals surface area contributed by atoms with Gasteiger partial charge in [0.15, 0.2) is 0 Å². The predicted molar refractivity (Wildman–Crippen MR) is 116 cm³/mol. The van der Waals surface area contributed by atoms with E-state index in [0.29, 0.717) is 24.4 Å². The monoisotopic (exact) mass is 405 g/mol. The number of carbonyl (C=O) groups is 2. The third-order valence-corrected chi connectivity index (χ3v) is 5.30. The zero-order valence-electron chi connectivity index (χ0n) is 16.5. The van der Waals surface area contributed by atoms with Gasteiger partial charge < -0.3 is 25.7 Å². The lowest BCUT2D eigenvalue weighted by atomic mass is 10.0. The van der Waals surface area contributed by atoms with E-state index in [4.69, 9.17) is 15.9 Å². The van der Waals surface area contributed by atoms with Crippen LogP contribution in [0.4, 0.5) is 11.4 Å². The molecule has 2 amide bonds. The first kappa shape index (κ1) is 19.7. The minimum atomic E-state index is -0.864. The molecule has 0 aliphatic carbocycles. The van der Waals surface area contributed by atoms with Crippen molar-refractivity contribution in [1.29, 1.82) is 5.41 Å². The molecule has 0 spiro atoms. The second-order valence-corrected chi connectivity index (χ2v) is 7.30. The van der Waals surface area contributed by atoms with Gasteiger partial charge in [0.25, 0.3) is 5.91 Å². The molecule has 3 aromatic rings. The second-order valence-electron chi connectivity index (χ2n) is 7.30. The van der Waals surface area contributed by atoms with Gasteiger partial charge in [0, 0.05) is 40.6 Å². The fraction of sp³-hybridized carbons (Fsp3) is 0.227. The van der Waals surface area contributed by atoms with Crippen LogP contribution in [0.15, 0.2) is 54.7 Å². The smallest absolute Gasteiger partial charge is 0.257 e. The van der Waals surface area contributed by atoms with Gasteiger partial charge in [0.2, 0.25) is 5.91 Å². The lowest BCUT2D eigenvalue weighted by molar-refractivity contribution is -0.143. The first-order chi connectivity index (χ1) is 14.4. The average Bonchev–Trinajstić information content (AvgIpc) is 3.21. The summed E-state index contributed by atoms with van der Waals surface area (Å²) in [5.74, 6) is -1.26. The number of hydrogen-bond donors (Lipinski definition) is 4. The van der Waals surface area contributed by atoms with E-state index < -0.39 is 12.0 Å². The molecule has 5 N–H and O–H groups in total. The number of nitrogens with zero attached hydrogens (tertiary/aromatic N) is 1. The summed E-state index contributed by atoms with van der Waals surface area (Å²) in [6.45, 7) is 2.47. The van der Waals surface area contributed by atoms with Gasteiger partial charge in [-0.25, -0.2) is 0 Å². The number of fused-ring (bicyclic) bond motifs is 1. The van der Waals surface area contributed by atoms with Gasteiger partial charge >= 0.3 is 0 Å². The van der Waals surface area contributed by atoms with Crippen molar-refractivity contribution in [2.75, 3.05) is 23.4 Å². The molecule has 2 heterocycles. The summed E-state index contributed by atoms with van der Waals surface area (Å²) in [7, 11) is 0. The molecule has 1 saturated heterocycles. The molecule has 154 valence electrons. The maximum atomic E-state index is 13.1. The number of benzene rings is 2. The molecule has 2 atom stereocenters. The number of aromatic amines is 1. The molecular formula is C22H23N5O3. The van der Waals surface area contributed by atoms with Crippen molar-refractivity contribution in [2.45, 2.75) is 13.0 Å². The second kappa shape index (κ2) is 8.00. The summed E-state index contributed by atoms with van der Waals surface area (Å²) in [6.07, 6.45) is 0.991. The highest BCUT2D eigenvalue weighted by Crippen LogP contribution is 2.26. The molecule has 30 heavy (non-hydrogen) atoms. The first-order valence-corrected chi connectivity index (χ1v) is 9.69. The number of rotatable bonds is 5. The van der Waals surface area contributed by atoms with E-state index in [9.17, 15) is 9.59 Å². The summed E-state index contributed by atoms with van der Waals surface area (Å²) in [4.78, 5) is 30.6. The van der Waals surface area contributed by atoms with Crippen LogP contribution in [0.1, 0.15) is 12.5 Å². The van der Waals surface area contributed by atoms with Gasteiger partial charge in [-0.1, -0.05) is 6.92 Å². The summed E-state index contributed by atoms with van der Waals surface area (Å²) in [6, 6.07) is 14.4. The lowest BCUT2D eigenvalue weighted by Crippen LogP contribution is -2.52. The Morgan fingerprint density at radius 2 is 2.03 bits per heavy atom. The minimum Gasteiger partial charge on any atom is -0.384 e. The van der Waals surface area contributed by atoms with Crippen LogP contribution in [0, 0.1) is 11.3 Å². The molecular weight excluding hydrogens is 382 g/mol. The van der Waals surface area contributed by atoms with Crippen LogP contribution in [0.2, 0.25) is 0 Å². The van der Waals surface area contributed by atoms with Crippen molar-refractivity contribution in [2.24, 2.45) is 11.7 Å². The number of nitrogens with one attached hydrogen (secondary N) is 3. The van der Waals surface area contributed by atoms with Crippen LogP contribution in [-0.2, 0) is 14.3 Å². The first-order valence-electron chi connectivity index (χ1n) is 9.69. The largest absolute Gasteiger partial charge is 0.384 e. The molecule has 4 rings (SSSR count). The molecule has 8 nitrogen and oxygen atoms in total. The number of amides is 2. The van der Waals surface area contributed by atoms with Gasteiger partial charge in [-0.05, 0) is 48.5 Å². The normalized spacial score (nSPS) is 17.7. The van der Waals surface area contributed by atoms with E-state index >= 15 is 0 Å². The highest BCUT2D eigenvalue weighted by Gasteiger charge is 2.37. The third kappa shape index (κ3) is 3.77. The van der Waals surface area contributed by atoms with Crippen LogP contribution >= 0.6 is 0 Å². The van der Waals surface area contributed by atoms with Crippen molar-refractivity contribution in [3.8, 4) is 0 Å². The Bertz CT molecular complexity index is 1110. The molecule has 1 unspecified atom stereocenters. The Labute approximate surface area is 173 Å². The van der Waals surface area contributed by atoms with E-state index in [-0.39, 0.29) is 17.6 Å². The maximum absolute atomic E-state index is 13.1. The van der Waals surface area contributed by atoms with Crippen molar-refractivity contribution in [3.05, 3.63) is 60.3 Å². The van der Waals surface area contributed by atoms with E-state index in [2.05, 4.69) is 10.3 Å². The summed E-state index contributed by atoms with van der Waals surface area (Å²) >= 11 is 0. The number of carbonyl (C=O) groups excluding carboxylic acids is 2. The number of ether oxygens (including phenoxy) is 1. The summed E-state index contributed by atoms with van der Waals surface area (Å²) < 4.78 is 5.68. The number of morpholine rings is 1. The van der Waals surface area contributed by atoms with Gasteiger partial charge in [-0.3, -0.25) is 15.0 Å². The molecule has 0 saturated carbocycles. The maximum Gasteiger partial charge on any atom is 0.257 e. The summed E-state index contributed by atoms with van der Waals surface area (Å²) in [5.41, 5.74) is 8.37. The van der Waals surface area contributed by atoms with E-state index in [1.165, 1.54) is 0 Å². The quantitative estimate of drug-likeness (QED) is 0.384. The van der Waals surface area contributed by atoms with Crippen LogP contribution in [0.25, 0.3) is 10.9 Å². The summed E-state index contributed by atoms with van der Waals surface area (Å²) in [5, 5.41) is 11.2. The Hall–Kier alpha value is -3.65. The fourth-order valence-electron chi connectivity index (χ4n) is 3.56. The zero-order valence-corrected chi connectivity index (χ0v) is 16.5. The molecule has 2 aromatic carbocycles. The molecule has 1 aromatic heterocycles. The SMILES string of the molecule is CC(C(=O)Nc1ccc(C(=N)N)cc1)[C@H]1OCCN(c2ccc3[nH]ccc3c2)C1=O. The molecule has 1 aliphatic rings. The third-order valence-electron chi connectivity index (χ3n) is 5.30. The number of H-pyrrole nitrogens is 1. The number of anilines is 2.